The average molecular weight is 176 g/mol. The summed E-state index contributed by atoms with van der Waals surface area (Å²) >= 11 is 4.53. The van der Waals surface area contributed by atoms with Gasteiger partial charge in [0.05, 0.1) is 0 Å². The molecule has 0 heterocycles. The summed E-state index contributed by atoms with van der Waals surface area (Å²) < 4.78 is 36.0. The Balaban J connectivity index is 3.63. The summed E-state index contributed by atoms with van der Waals surface area (Å²) in [5, 5.41) is 1.67. The molecule has 0 saturated heterocycles. The number of alkyl halides is 4. The van der Waals surface area contributed by atoms with Gasteiger partial charge in [0.15, 0.2) is 0 Å². The number of nitrogens with one attached hydrogen (secondary N) is 1. The first-order chi connectivity index (χ1) is 4.50. The molecule has 0 rings (SSSR count). The number of hydrogen-bond acceptors (Lipinski definition) is 1. The molecule has 1 atom stereocenters. The van der Waals surface area contributed by atoms with Crippen molar-refractivity contribution in [1.29, 1.82) is 0 Å². The zero-order valence-electron chi connectivity index (χ0n) is 5.50. The Kier molecular flexibility index (Phi) is 4.05. The van der Waals surface area contributed by atoms with Gasteiger partial charge in [-0.2, -0.15) is 8.78 Å². The zero-order chi connectivity index (χ0) is 8.20. The third-order valence-electron chi connectivity index (χ3n) is 0.885. The summed E-state index contributed by atoms with van der Waals surface area (Å²) in [5.41, 5.74) is -2.65. The molecular formula is C5H9ClF3N. The van der Waals surface area contributed by atoms with Crippen molar-refractivity contribution in [2.75, 3.05) is 6.54 Å². The fourth-order valence-corrected chi connectivity index (χ4v) is 0.446. The Morgan fingerprint density at radius 1 is 1.60 bits per heavy atom. The summed E-state index contributed by atoms with van der Waals surface area (Å²) in [6.45, 7) is 1.75. The van der Waals surface area contributed by atoms with E-state index in [-0.39, 0.29) is 6.54 Å². The van der Waals surface area contributed by atoms with E-state index in [0.717, 1.165) is 0 Å². The van der Waals surface area contributed by atoms with E-state index < -0.39 is 11.7 Å². The van der Waals surface area contributed by atoms with Crippen molar-refractivity contribution in [3.05, 3.63) is 0 Å². The SMILES string of the molecule is CCCNC(F)(F)C(F)Cl. The Labute approximate surface area is 62.5 Å². The van der Waals surface area contributed by atoms with Crippen LogP contribution >= 0.6 is 11.6 Å². The molecular weight excluding hydrogens is 167 g/mol. The monoisotopic (exact) mass is 175 g/mol. The second kappa shape index (κ2) is 4.03. The Hall–Kier alpha value is 0.0400. The topological polar surface area (TPSA) is 12.0 Å². The van der Waals surface area contributed by atoms with Crippen LogP contribution < -0.4 is 5.32 Å². The van der Waals surface area contributed by atoms with Gasteiger partial charge in [0, 0.05) is 6.54 Å². The first kappa shape index (κ1) is 10.0. The van der Waals surface area contributed by atoms with Crippen LogP contribution in [0.1, 0.15) is 13.3 Å². The molecule has 0 aromatic rings. The summed E-state index contributed by atoms with van der Waals surface area (Å²) in [4.78, 5) is 0. The summed E-state index contributed by atoms with van der Waals surface area (Å²) in [5.74, 6) is 0. The molecule has 0 aromatic carbocycles. The quantitative estimate of drug-likeness (QED) is 0.510. The van der Waals surface area contributed by atoms with Gasteiger partial charge in [0.2, 0.25) is 0 Å². The molecule has 10 heavy (non-hydrogen) atoms. The second-order valence-electron chi connectivity index (χ2n) is 1.85. The molecule has 0 aliphatic rings. The summed E-state index contributed by atoms with van der Waals surface area (Å²) in [6.07, 6.45) is 0.513. The predicted molar refractivity (Wildman–Crippen MR) is 34.0 cm³/mol. The van der Waals surface area contributed by atoms with E-state index in [1.54, 1.807) is 12.2 Å². The molecule has 62 valence electrons. The van der Waals surface area contributed by atoms with E-state index in [4.69, 9.17) is 0 Å². The minimum absolute atomic E-state index is 0.0557. The average Bonchev–Trinajstić information content (AvgIpc) is 1.84. The third kappa shape index (κ3) is 3.27. The van der Waals surface area contributed by atoms with Crippen molar-refractivity contribution in [2.24, 2.45) is 0 Å². The van der Waals surface area contributed by atoms with Gasteiger partial charge >= 0.3 is 6.05 Å². The van der Waals surface area contributed by atoms with Gasteiger partial charge in [-0.1, -0.05) is 18.5 Å². The minimum atomic E-state index is -3.60. The van der Waals surface area contributed by atoms with Crippen molar-refractivity contribution in [1.82, 2.24) is 5.32 Å². The second-order valence-corrected chi connectivity index (χ2v) is 2.23. The highest BCUT2D eigenvalue weighted by Gasteiger charge is 2.37. The normalized spacial score (nSPS) is 15.3. The summed E-state index contributed by atoms with van der Waals surface area (Å²) in [7, 11) is 0. The fraction of sp³-hybridized carbons (Fsp3) is 1.00. The minimum Gasteiger partial charge on any atom is -0.255 e. The van der Waals surface area contributed by atoms with Crippen molar-refractivity contribution in [3.63, 3.8) is 0 Å². The molecule has 0 amide bonds. The molecule has 0 fully saturated rings. The molecule has 0 bridgehead atoms. The lowest BCUT2D eigenvalue weighted by atomic mass is 10.4. The molecule has 0 spiro atoms. The Morgan fingerprint density at radius 2 is 2.10 bits per heavy atom. The maximum atomic E-state index is 12.1. The number of hydrogen-bond donors (Lipinski definition) is 1. The molecule has 0 aliphatic carbocycles. The highest BCUT2D eigenvalue weighted by atomic mass is 35.5. The lowest BCUT2D eigenvalue weighted by molar-refractivity contribution is -0.0708. The van der Waals surface area contributed by atoms with Crippen molar-refractivity contribution < 1.29 is 13.2 Å². The van der Waals surface area contributed by atoms with Gasteiger partial charge in [-0.05, 0) is 6.42 Å². The van der Waals surface area contributed by atoms with Crippen molar-refractivity contribution >= 4 is 11.6 Å². The van der Waals surface area contributed by atoms with Crippen molar-refractivity contribution in [2.45, 2.75) is 25.0 Å². The maximum Gasteiger partial charge on any atom is 0.347 e. The molecule has 0 radical (unpaired) electrons. The lowest BCUT2D eigenvalue weighted by Gasteiger charge is -2.16. The summed E-state index contributed by atoms with van der Waals surface area (Å²) in [6, 6.07) is -3.60. The van der Waals surface area contributed by atoms with Gasteiger partial charge in [0.1, 0.15) is 0 Å². The van der Waals surface area contributed by atoms with E-state index in [0.29, 0.717) is 6.42 Å². The van der Waals surface area contributed by atoms with Gasteiger partial charge in [-0.15, -0.1) is 0 Å². The van der Waals surface area contributed by atoms with E-state index in [1.807, 2.05) is 0 Å². The molecule has 0 aromatic heterocycles. The smallest absolute Gasteiger partial charge is 0.255 e. The molecule has 1 nitrogen and oxygen atoms in total. The zero-order valence-corrected chi connectivity index (χ0v) is 6.26. The first-order valence-electron chi connectivity index (χ1n) is 2.91. The van der Waals surface area contributed by atoms with Crippen LogP contribution in [0.4, 0.5) is 13.2 Å². The molecule has 1 unspecified atom stereocenters. The van der Waals surface area contributed by atoms with Crippen LogP contribution in [0.5, 0.6) is 0 Å². The van der Waals surface area contributed by atoms with E-state index in [2.05, 4.69) is 11.6 Å². The lowest BCUT2D eigenvalue weighted by Crippen LogP contribution is -2.42. The molecule has 5 heteroatoms. The van der Waals surface area contributed by atoms with Gasteiger partial charge in [0.25, 0.3) is 5.63 Å². The van der Waals surface area contributed by atoms with Crippen molar-refractivity contribution in [3.8, 4) is 0 Å². The Morgan fingerprint density at radius 3 is 2.40 bits per heavy atom. The molecule has 1 N–H and O–H groups in total. The van der Waals surface area contributed by atoms with Crippen LogP contribution in [0.3, 0.4) is 0 Å². The molecule has 0 saturated carbocycles. The van der Waals surface area contributed by atoms with Gasteiger partial charge in [-0.25, -0.2) is 4.39 Å². The van der Waals surface area contributed by atoms with E-state index in [1.165, 1.54) is 0 Å². The van der Waals surface area contributed by atoms with E-state index in [9.17, 15) is 13.2 Å². The van der Waals surface area contributed by atoms with Crippen LogP contribution in [0.2, 0.25) is 0 Å². The number of rotatable bonds is 4. The van der Waals surface area contributed by atoms with Gasteiger partial charge in [-0.3, -0.25) is 5.32 Å². The predicted octanol–water partition coefficient (Wildman–Crippen LogP) is 2.11. The van der Waals surface area contributed by atoms with Crippen LogP contribution in [-0.4, -0.2) is 18.2 Å². The fourth-order valence-electron chi connectivity index (χ4n) is 0.369. The molecule has 0 aliphatic heterocycles. The maximum absolute atomic E-state index is 12.1. The van der Waals surface area contributed by atoms with Crippen LogP contribution in [0.25, 0.3) is 0 Å². The van der Waals surface area contributed by atoms with Crippen LogP contribution in [0.15, 0.2) is 0 Å². The third-order valence-corrected chi connectivity index (χ3v) is 1.16. The van der Waals surface area contributed by atoms with Gasteiger partial charge < -0.3 is 0 Å². The Bertz CT molecular complexity index is 96.9. The standard InChI is InChI=1S/C5H9ClF3N/c1-2-3-10-5(8,9)4(6)7/h4,10H,2-3H2,1H3. The number of halogens is 4. The highest BCUT2D eigenvalue weighted by molar-refractivity contribution is 6.20. The first-order valence-corrected chi connectivity index (χ1v) is 3.35. The largest absolute Gasteiger partial charge is 0.347 e. The van der Waals surface area contributed by atoms with Crippen LogP contribution in [0, 0.1) is 0 Å². The van der Waals surface area contributed by atoms with E-state index >= 15 is 0 Å². The highest BCUT2D eigenvalue weighted by Crippen LogP contribution is 2.20. The van der Waals surface area contributed by atoms with Crippen LogP contribution in [-0.2, 0) is 0 Å².